The first kappa shape index (κ1) is 33.5. The van der Waals surface area contributed by atoms with Gasteiger partial charge in [-0.1, -0.05) is 40.2 Å². The Morgan fingerprint density at radius 1 is 1.09 bits per heavy atom. The lowest BCUT2D eigenvalue weighted by molar-refractivity contribution is -0.139. The van der Waals surface area contributed by atoms with Crippen LogP contribution in [0.25, 0.3) is 0 Å². The number of rotatable bonds is 12. The topological polar surface area (TPSA) is 137 Å². The third-order valence-electron chi connectivity index (χ3n) is 6.40. The first-order valence-corrected chi connectivity index (χ1v) is 15.1. The average Bonchev–Trinajstić information content (AvgIpc) is 3.00. The fourth-order valence-electron chi connectivity index (χ4n) is 4.35. The molecule has 0 aliphatic carbocycles. The van der Waals surface area contributed by atoms with Gasteiger partial charge in [0.2, 0.25) is 0 Å². The summed E-state index contributed by atoms with van der Waals surface area (Å²) in [6, 6.07) is 13.3. The van der Waals surface area contributed by atoms with E-state index in [9.17, 15) is 18.8 Å². The zero-order valence-electron chi connectivity index (χ0n) is 24.4. The number of carbonyl (C=O) groups excluding carboxylic acids is 3. The van der Waals surface area contributed by atoms with Crippen molar-refractivity contribution in [2.75, 3.05) is 20.3 Å². The maximum absolute atomic E-state index is 14.1. The molecule has 45 heavy (non-hydrogen) atoms. The molecule has 0 saturated carbocycles. The quantitative estimate of drug-likeness (QED) is 0.124. The van der Waals surface area contributed by atoms with Gasteiger partial charge in [0.05, 0.1) is 36.0 Å². The standard InChI is InChI=1S/C31H29Br2FN4O7/c1-4-43-30(40)27-17(2)36-31(41)37-28(27)18-9-10-24(25(12-18)42-3)44-16-26(39)38-35-14-20-11-21(32)13-22(33)29(20)45-15-19-7-5-6-8-23(19)34/h5-14,28H,4,15-16H2,1-3H3,(H,38,39)(H2,36,37,41)/b35-14+/t28-/m1/s1. The van der Waals surface area contributed by atoms with E-state index in [4.69, 9.17) is 18.9 Å². The normalized spacial score (nSPS) is 14.4. The minimum atomic E-state index is -0.794. The van der Waals surface area contributed by atoms with Crippen LogP contribution in [0.3, 0.4) is 0 Å². The Morgan fingerprint density at radius 2 is 1.87 bits per heavy atom. The highest BCUT2D eigenvalue weighted by atomic mass is 79.9. The number of amides is 3. The maximum atomic E-state index is 14.1. The summed E-state index contributed by atoms with van der Waals surface area (Å²) >= 11 is 6.87. The molecule has 1 atom stereocenters. The summed E-state index contributed by atoms with van der Waals surface area (Å²) in [5.74, 6) is -0.587. The molecule has 14 heteroatoms. The Bertz CT molecular complexity index is 1660. The van der Waals surface area contributed by atoms with Crippen molar-refractivity contribution in [1.29, 1.82) is 0 Å². The highest BCUT2D eigenvalue weighted by Crippen LogP contribution is 2.35. The van der Waals surface area contributed by atoms with Gasteiger partial charge in [0.15, 0.2) is 18.1 Å². The summed E-state index contributed by atoms with van der Waals surface area (Å²) in [6.45, 7) is 3.06. The van der Waals surface area contributed by atoms with E-state index in [1.807, 2.05) is 0 Å². The number of allylic oxidation sites excluding steroid dienone is 1. The fourth-order valence-corrected chi connectivity index (χ4v) is 5.72. The predicted octanol–water partition coefficient (Wildman–Crippen LogP) is 5.66. The molecular formula is C31H29Br2FN4O7. The van der Waals surface area contributed by atoms with Crippen molar-refractivity contribution >= 4 is 56.0 Å². The van der Waals surface area contributed by atoms with Crippen molar-refractivity contribution in [1.82, 2.24) is 16.1 Å². The van der Waals surface area contributed by atoms with E-state index >= 15 is 0 Å². The van der Waals surface area contributed by atoms with Crippen LogP contribution in [0.1, 0.15) is 36.6 Å². The summed E-state index contributed by atoms with van der Waals surface area (Å²) in [4.78, 5) is 37.3. The highest BCUT2D eigenvalue weighted by Gasteiger charge is 2.32. The van der Waals surface area contributed by atoms with E-state index in [-0.39, 0.29) is 36.1 Å². The number of nitrogens with zero attached hydrogens (tertiary/aromatic N) is 1. The lowest BCUT2D eigenvalue weighted by Crippen LogP contribution is -2.45. The molecular weight excluding hydrogens is 719 g/mol. The highest BCUT2D eigenvalue weighted by molar-refractivity contribution is 9.11. The molecule has 3 aromatic rings. The van der Waals surface area contributed by atoms with E-state index in [1.54, 1.807) is 62.4 Å². The van der Waals surface area contributed by atoms with Gasteiger partial charge in [-0.3, -0.25) is 4.79 Å². The molecule has 0 bridgehead atoms. The minimum Gasteiger partial charge on any atom is -0.493 e. The molecule has 0 saturated heterocycles. The Hall–Kier alpha value is -4.43. The number of hydrazone groups is 1. The van der Waals surface area contributed by atoms with Crippen LogP contribution in [0, 0.1) is 5.82 Å². The number of urea groups is 1. The summed E-state index contributed by atoms with van der Waals surface area (Å²) in [7, 11) is 1.42. The molecule has 11 nitrogen and oxygen atoms in total. The van der Waals surface area contributed by atoms with Crippen molar-refractivity contribution in [2.45, 2.75) is 26.5 Å². The van der Waals surface area contributed by atoms with Crippen LogP contribution in [0.4, 0.5) is 9.18 Å². The summed E-state index contributed by atoms with van der Waals surface area (Å²) in [5.41, 5.74) is 4.46. The number of ether oxygens (including phenoxy) is 4. The van der Waals surface area contributed by atoms with Gasteiger partial charge in [0.1, 0.15) is 18.2 Å². The van der Waals surface area contributed by atoms with Crippen LogP contribution < -0.4 is 30.3 Å². The molecule has 0 spiro atoms. The second-order valence-corrected chi connectivity index (χ2v) is 11.2. The number of hydrogen-bond acceptors (Lipinski definition) is 8. The van der Waals surface area contributed by atoms with Crippen LogP contribution in [-0.4, -0.2) is 44.4 Å². The van der Waals surface area contributed by atoms with Crippen LogP contribution >= 0.6 is 31.9 Å². The first-order valence-electron chi connectivity index (χ1n) is 13.5. The number of nitrogens with one attached hydrogen (secondary N) is 3. The van der Waals surface area contributed by atoms with E-state index in [1.165, 1.54) is 19.4 Å². The van der Waals surface area contributed by atoms with Gasteiger partial charge in [0.25, 0.3) is 5.91 Å². The fraction of sp³-hybridized carbons (Fsp3) is 0.226. The van der Waals surface area contributed by atoms with Crippen molar-refractivity contribution in [2.24, 2.45) is 5.10 Å². The minimum absolute atomic E-state index is 0.0153. The molecule has 0 aromatic heterocycles. The lowest BCUT2D eigenvalue weighted by atomic mass is 9.95. The smallest absolute Gasteiger partial charge is 0.338 e. The molecule has 4 rings (SSSR count). The molecule has 1 heterocycles. The molecule has 0 radical (unpaired) electrons. The van der Waals surface area contributed by atoms with Crippen molar-refractivity contribution in [3.63, 3.8) is 0 Å². The van der Waals surface area contributed by atoms with Gasteiger partial charge in [-0.2, -0.15) is 5.10 Å². The van der Waals surface area contributed by atoms with Crippen molar-refractivity contribution in [3.05, 3.63) is 97.3 Å². The van der Waals surface area contributed by atoms with E-state index in [0.29, 0.717) is 32.6 Å². The Morgan fingerprint density at radius 3 is 2.60 bits per heavy atom. The molecule has 1 aliphatic heterocycles. The monoisotopic (exact) mass is 746 g/mol. The zero-order chi connectivity index (χ0) is 32.5. The second-order valence-electron chi connectivity index (χ2n) is 9.47. The van der Waals surface area contributed by atoms with Crippen molar-refractivity contribution < 1.29 is 37.7 Å². The zero-order valence-corrected chi connectivity index (χ0v) is 27.6. The number of carbonyl (C=O) groups is 3. The Kier molecular flexibility index (Phi) is 11.5. The summed E-state index contributed by atoms with van der Waals surface area (Å²) in [5, 5.41) is 9.32. The average molecular weight is 748 g/mol. The third-order valence-corrected chi connectivity index (χ3v) is 7.45. The van der Waals surface area contributed by atoms with Gasteiger partial charge in [-0.15, -0.1) is 0 Å². The number of hydrogen-bond donors (Lipinski definition) is 3. The van der Waals surface area contributed by atoms with Gasteiger partial charge >= 0.3 is 12.0 Å². The molecule has 236 valence electrons. The number of esters is 1. The first-order chi connectivity index (χ1) is 21.6. The lowest BCUT2D eigenvalue weighted by Gasteiger charge is -2.28. The van der Waals surface area contributed by atoms with Gasteiger partial charge in [0, 0.05) is 21.3 Å². The molecule has 1 aliphatic rings. The van der Waals surface area contributed by atoms with E-state index < -0.39 is 30.6 Å². The largest absolute Gasteiger partial charge is 0.493 e. The van der Waals surface area contributed by atoms with Crippen LogP contribution in [0.2, 0.25) is 0 Å². The summed E-state index contributed by atoms with van der Waals surface area (Å²) < 4.78 is 37.5. The predicted molar refractivity (Wildman–Crippen MR) is 171 cm³/mol. The third kappa shape index (κ3) is 8.60. The second kappa shape index (κ2) is 15.5. The Balaban J connectivity index is 1.42. The van der Waals surface area contributed by atoms with Crippen molar-refractivity contribution in [3.8, 4) is 17.2 Å². The molecule has 3 N–H and O–H groups in total. The number of methoxy groups -OCH3 is 1. The van der Waals surface area contributed by atoms with Crippen LogP contribution in [-0.2, 0) is 20.9 Å². The SMILES string of the molecule is CCOC(=O)C1=C(C)NC(=O)N[C@@H]1c1ccc(OCC(=O)N/N=C/c2cc(Br)cc(Br)c2OCc2ccccc2F)c(OC)c1. The molecule has 0 unspecified atom stereocenters. The van der Waals surface area contributed by atoms with Gasteiger partial charge in [-0.25, -0.2) is 19.4 Å². The summed E-state index contributed by atoms with van der Waals surface area (Å²) in [6.07, 6.45) is 1.39. The maximum Gasteiger partial charge on any atom is 0.338 e. The Labute approximate surface area is 275 Å². The molecule has 3 amide bonds. The molecule has 3 aromatic carbocycles. The van der Waals surface area contributed by atoms with Gasteiger partial charge < -0.3 is 29.6 Å². The van der Waals surface area contributed by atoms with Crippen LogP contribution in [0.5, 0.6) is 17.2 Å². The van der Waals surface area contributed by atoms with Gasteiger partial charge in [-0.05, 0) is 65.7 Å². The van der Waals surface area contributed by atoms with E-state index in [2.05, 4.69) is 53.0 Å². The van der Waals surface area contributed by atoms with Crippen LogP contribution in [0.15, 0.2) is 79.9 Å². The number of halogens is 3. The number of benzene rings is 3. The van der Waals surface area contributed by atoms with E-state index in [0.717, 1.165) is 4.47 Å². The molecule has 0 fully saturated rings.